The van der Waals surface area contributed by atoms with Crippen LogP contribution in [0.15, 0.2) is 30.3 Å². The number of carbonyl (C=O) groups is 1. The van der Waals surface area contributed by atoms with Gasteiger partial charge in [0.15, 0.2) is 0 Å². The molecule has 1 amide bonds. The van der Waals surface area contributed by atoms with Crippen LogP contribution in [0.3, 0.4) is 0 Å². The quantitative estimate of drug-likeness (QED) is 0.691. The molecule has 7 nitrogen and oxygen atoms in total. The predicted octanol–water partition coefficient (Wildman–Crippen LogP) is 1.46. The second kappa shape index (κ2) is 7.28. The number of hydrogen-bond donors (Lipinski definition) is 3. The van der Waals surface area contributed by atoms with E-state index in [0.717, 1.165) is 0 Å². The molecule has 0 spiro atoms. The Morgan fingerprint density at radius 3 is 2.38 bits per heavy atom. The molecule has 0 aliphatic carbocycles. The lowest BCUT2D eigenvalue weighted by atomic mass is 10.2. The molecule has 1 aromatic rings. The van der Waals surface area contributed by atoms with Crippen LogP contribution in [0, 0.1) is 0 Å². The SMILES string of the molecule is CC(C)(C)OC(=O)NCCS(=O)(=O)NNc1ccccc1. The monoisotopic (exact) mass is 315 g/mol. The van der Waals surface area contributed by atoms with E-state index in [1.54, 1.807) is 45.0 Å². The van der Waals surface area contributed by atoms with Crippen molar-refractivity contribution in [1.29, 1.82) is 0 Å². The Labute approximate surface area is 125 Å². The molecule has 1 aromatic carbocycles. The summed E-state index contributed by atoms with van der Waals surface area (Å²) in [5.41, 5.74) is 2.59. The van der Waals surface area contributed by atoms with Crippen LogP contribution in [0.25, 0.3) is 0 Å². The first kappa shape index (κ1) is 17.3. The summed E-state index contributed by atoms with van der Waals surface area (Å²) in [6, 6.07) is 8.83. The fourth-order valence-corrected chi connectivity index (χ4v) is 2.06. The number of hydrogen-bond acceptors (Lipinski definition) is 5. The normalized spacial score (nSPS) is 11.8. The highest BCUT2D eigenvalue weighted by molar-refractivity contribution is 7.89. The van der Waals surface area contributed by atoms with Crippen LogP contribution in [-0.2, 0) is 14.8 Å². The predicted molar refractivity (Wildman–Crippen MR) is 81.2 cm³/mol. The van der Waals surface area contributed by atoms with E-state index in [1.165, 1.54) is 0 Å². The number of alkyl carbamates (subject to hydrolysis) is 1. The average Bonchev–Trinajstić information content (AvgIpc) is 2.35. The molecule has 0 bridgehead atoms. The first-order valence-corrected chi connectivity index (χ1v) is 8.11. The maximum absolute atomic E-state index is 11.7. The third-order valence-corrected chi connectivity index (χ3v) is 3.32. The Kier molecular flexibility index (Phi) is 5.98. The lowest BCUT2D eigenvalue weighted by Gasteiger charge is -2.19. The topological polar surface area (TPSA) is 96.5 Å². The van der Waals surface area contributed by atoms with Crippen LogP contribution >= 0.6 is 0 Å². The van der Waals surface area contributed by atoms with Gasteiger partial charge >= 0.3 is 6.09 Å². The zero-order chi connectivity index (χ0) is 15.9. The standard InChI is InChI=1S/C13H21N3O4S/c1-13(2,3)20-12(17)14-9-10-21(18,19)16-15-11-7-5-4-6-8-11/h4-8,15-16H,9-10H2,1-3H3,(H,14,17). The summed E-state index contributed by atoms with van der Waals surface area (Å²) < 4.78 is 28.4. The van der Waals surface area contributed by atoms with Crippen molar-refractivity contribution in [3.05, 3.63) is 30.3 Å². The van der Waals surface area contributed by atoms with Gasteiger partial charge in [-0.25, -0.2) is 13.2 Å². The molecular formula is C13H21N3O4S. The van der Waals surface area contributed by atoms with Crippen LogP contribution < -0.4 is 15.6 Å². The summed E-state index contributed by atoms with van der Waals surface area (Å²) in [7, 11) is -3.55. The fraction of sp³-hybridized carbons (Fsp3) is 0.462. The highest BCUT2D eigenvalue weighted by atomic mass is 32.2. The Hall–Kier alpha value is -1.80. The van der Waals surface area contributed by atoms with Crippen molar-refractivity contribution in [3.8, 4) is 0 Å². The Morgan fingerprint density at radius 2 is 1.81 bits per heavy atom. The molecule has 21 heavy (non-hydrogen) atoms. The van der Waals surface area contributed by atoms with Crippen molar-refractivity contribution >= 4 is 21.8 Å². The average molecular weight is 315 g/mol. The summed E-state index contributed by atoms with van der Waals surface area (Å²) in [5, 5.41) is 2.39. The molecule has 0 aromatic heterocycles. The van der Waals surface area contributed by atoms with Gasteiger partial charge in [-0.15, -0.1) is 4.83 Å². The van der Waals surface area contributed by atoms with Crippen LogP contribution in [0.2, 0.25) is 0 Å². The molecule has 0 unspecified atom stereocenters. The number of hydrazine groups is 1. The maximum atomic E-state index is 11.7. The van der Waals surface area contributed by atoms with E-state index in [0.29, 0.717) is 5.69 Å². The second-order valence-corrected chi connectivity index (χ2v) is 7.18. The number of para-hydroxylation sites is 1. The largest absolute Gasteiger partial charge is 0.444 e. The first-order valence-electron chi connectivity index (χ1n) is 6.45. The molecule has 0 radical (unpaired) electrons. The van der Waals surface area contributed by atoms with Gasteiger partial charge in [0, 0.05) is 12.2 Å². The molecule has 0 aliphatic heterocycles. The number of anilines is 1. The van der Waals surface area contributed by atoms with Crippen molar-refractivity contribution in [2.75, 3.05) is 17.7 Å². The zero-order valence-electron chi connectivity index (χ0n) is 12.3. The molecule has 0 saturated heterocycles. The lowest BCUT2D eigenvalue weighted by Crippen LogP contribution is -2.38. The van der Waals surface area contributed by atoms with Gasteiger partial charge in [-0.3, -0.25) is 0 Å². The highest BCUT2D eigenvalue weighted by Gasteiger charge is 2.16. The molecule has 118 valence electrons. The molecule has 8 heteroatoms. The van der Waals surface area contributed by atoms with Gasteiger partial charge in [0.05, 0.1) is 5.75 Å². The van der Waals surface area contributed by atoms with Gasteiger partial charge in [0.1, 0.15) is 5.60 Å². The number of benzene rings is 1. The molecule has 3 N–H and O–H groups in total. The van der Waals surface area contributed by atoms with E-state index in [-0.39, 0.29) is 12.3 Å². The van der Waals surface area contributed by atoms with Gasteiger partial charge in [0.2, 0.25) is 10.0 Å². The smallest absolute Gasteiger partial charge is 0.407 e. The van der Waals surface area contributed by atoms with Crippen molar-refractivity contribution in [2.45, 2.75) is 26.4 Å². The summed E-state index contributed by atoms with van der Waals surface area (Å²) in [4.78, 5) is 13.6. The third-order valence-electron chi connectivity index (χ3n) is 2.16. The minimum atomic E-state index is -3.55. The molecule has 0 saturated carbocycles. The molecular weight excluding hydrogens is 294 g/mol. The van der Waals surface area contributed by atoms with E-state index >= 15 is 0 Å². The number of sulfonamides is 1. The van der Waals surface area contributed by atoms with Gasteiger partial charge < -0.3 is 15.5 Å². The van der Waals surface area contributed by atoms with Gasteiger partial charge in [0.25, 0.3) is 0 Å². The van der Waals surface area contributed by atoms with Crippen molar-refractivity contribution in [3.63, 3.8) is 0 Å². The maximum Gasteiger partial charge on any atom is 0.407 e. The minimum absolute atomic E-state index is 0.0410. The highest BCUT2D eigenvalue weighted by Crippen LogP contribution is 2.06. The Morgan fingerprint density at radius 1 is 1.19 bits per heavy atom. The number of nitrogens with one attached hydrogen (secondary N) is 3. The molecule has 0 atom stereocenters. The first-order chi connectivity index (χ1) is 9.68. The summed E-state index contributed by atoms with van der Waals surface area (Å²) in [6.07, 6.45) is -0.645. The van der Waals surface area contributed by atoms with Crippen LogP contribution in [0.1, 0.15) is 20.8 Å². The summed E-state index contributed by atoms with van der Waals surface area (Å²) in [6.45, 7) is 5.15. The van der Waals surface area contributed by atoms with Crippen molar-refractivity contribution in [1.82, 2.24) is 10.1 Å². The van der Waals surface area contributed by atoms with E-state index in [2.05, 4.69) is 15.6 Å². The minimum Gasteiger partial charge on any atom is -0.444 e. The van der Waals surface area contributed by atoms with Crippen LogP contribution in [0.5, 0.6) is 0 Å². The van der Waals surface area contributed by atoms with E-state index in [9.17, 15) is 13.2 Å². The summed E-state index contributed by atoms with van der Waals surface area (Å²) >= 11 is 0. The lowest BCUT2D eigenvalue weighted by molar-refractivity contribution is 0.0531. The molecule has 0 fully saturated rings. The van der Waals surface area contributed by atoms with E-state index in [1.807, 2.05) is 6.07 Å². The van der Waals surface area contributed by atoms with E-state index < -0.39 is 21.7 Å². The van der Waals surface area contributed by atoms with Gasteiger partial charge in [-0.1, -0.05) is 18.2 Å². The zero-order valence-corrected chi connectivity index (χ0v) is 13.2. The molecule has 0 heterocycles. The summed E-state index contributed by atoms with van der Waals surface area (Å²) in [5.74, 6) is -0.258. The molecule has 0 aliphatic rings. The van der Waals surface area contributed by atoms with Crippen LogP contribution in [-0.4, -0.2) is 32.4 Å². The Balaban J connectivity index is 2.32. The molecule has 1 rings (SSSR count). The van der Waals surface area contributed by atoms with Crippen molar-refractivity contribution < 1.29 is 17.9 Å². The van der Waals surface area contributed by atoms with Crippen LogP contribution in [0.4, 0.5) is 10.5 Å². The number of rotatable bonds is 6. The fourth-order valence-electron chi connectivity index (χ4n) is 1.31. The number of amides is 1. The second-order valence-electron chi connectivity index (χ2n) is 5.34. The number of ether oxygens (including phenoxy) is 1. The third kappa shape index (κ3) is 8.16. The van der Waals surface area contributed by atoms with Gasteiger partial charge in [-0.2, -0.15) is 0 Å². The van der Waals surface area contributed by atoms with Crippen molar-refractivity contribution in [2.24, 2.45) is 0 Å². The Bertz CT molecular complexity index is 553. The van der Waals surface area contributed by atoms with E-state index in [4.69, 9.17) is 4.74 Å². The number of carbonyl (C=O) groups excluding carboxylic acids is 1. The van der Waals surface area contributed by atoms with Gasteiger partial charge in [-0.05, 0) is 32.9 Å².